The van der Waals surface area contributed by atoms with Gasteiger partial charge < -0.3 is 10.2 Å². The number of rotatable bonds is 2. The van der Waals surface area contributed by atoms with Crippen molar-refractivity contribution in [3.8, 4) is 10.4 Å². The van der Waals surface area contributed by atoms with Crippen LogP contribution < -0.4 is 5.32 Å². The molecule has 22 heavy (non-hydrogen) atoms. The first-order valence-corrected chi connectivity index (χ1v) is 7.84. The second kappa shape index (κ2) is 7.22. The van der Waals surface area contributed by atoms with Gasteiger partial charge in [-0.2, -0.15) is 0 Å². The lowest BCUT2D eigenvalue weighted by molar-refractivity contribution is 0.0661. The Balaban J connectivity index is 0.00000176. The van der Waals surface area contributed by atoms with E-state index in [1.165, 1.54) is 23.5 Å². The van der Waals surface area contributed by atoms with Crippen LogP contribution in [-0.4, -0.2) is 36.5 Å². The lowest BCUT2D eigenvalue weighted by Gasteiger charge is -2.33. The van der Waals surface area contributed by atoms with Gasteiger partial charge >= 0.3 is 0 Å². The summed E-state index contributed by atoms with van der Waals surface area (Å²) in [7, 11) is 0. The van der Waals surface area contributed by atoms with Gasteiger partial charge in [-0.15, -0.1) is 23.7 Å². The van der Waals surface area contributed by atoms with Gasteiger partial charge in [0.1, 0.15) is 5.82 Å². The Kier molecular flexibility index (Phi) is 5.56. The minimum Gasteiger partial charge on any atom is -0.333 e. The Hall–Kier alpha value is -1.43. The molecule has 2 heterocycles. The van der Waals surface area contributed by atoms with Gasteiger partial charge in [-0.05, 0) is 36.8 Å². The highest BCUT2D eigenvalue weighted by molar-refractivity contribution is 7.17. The summed E-state index contributed by atoms with van der Waals surface area (Å²) in [4.78, 5) is 16.2. The van der Waals surface area contributed by atoms with Crippen LogP contribution in [0.4, 0.5) is 4.39 Å². The van der Waals surface area contributed by atoms with E-state index in [9.17, 15) is 9.18 Å². The molecule has 1 aromatic heterocycles. The molecule has 1 fully saturated rings. The first kappa shape index (κ1) is 16.9. The number of piperazine rings is 1. The molecule has 6 heteroatoms. The molecular formula is C16H18ClFN2OS. The quantitative estimate of drug-likeness (QED) is 0.908. The number of amides is 1. The van der Waals surface area contributed by atoms with E-state index in [4.69, 9.17) is 0 Å². The third-order valence-corrected chi connectivity index (χ3v) is 4.83. The van der Waals surface area contributed by atoms with E-state index in [0.29, 0.717) is 0 Å². The molecule has 118 valence electrons. The second-order valence-corrected chi connectivity index (χ2v) is 6.31. The fraction of sp³-hybridized carbons (Fsp3) is 0.312. The zero-order valence-electron chi connectivity index (χ0n) is 12.2. The number of hydrogen-bond donors (Lipinski definition) is 1. The molecule has 0 radical (unpaired) electrons. The third kappa shape index (κ3) is 3.48. The van der Waals surface area contributed by atoms with Gasteiger partial charge in [0.2, 0.25) is 0 Å². The number of benzene rings is 1. The Morgan fingerprint density at radius 3 is 2.68 bits per heavy atom. The summed E-state index contributed by atoms with van der Waals surface area (Å²) in [6.45, 7) is 4.47. The van der Waals surface area contributed by atoms with Gasteiger partial charge in [0, 0.05) is 30.6 Å². The van der Waals surface area contributed by atoms with Gasteiger partial charge in [-0.3, -0.25) is 4.79 Å². The molecule has 3 rings (SSSR count). The number of nitrogens with zero attached hydrogens (tertiary/aromatic N) is 1. The van der Waals surface area contributed by atoms with Crippen molar-refractivity contribution in [1.29, 1.82) is 0 Å². The highest BCUT2D eigenvalue weighted by Gasteiger charge is 2.25. The van der Waals surface area contributed by atoms with Crippen LogP contribution in [0.3, 0.4) is 0 Å². The highest BCUT2D eigenvalue weighted by atomic mass is 35.5. The first-order chi connectivity index (χ1) is 10.1. The minimum atomic E-state index is -0.249. The molecule has 3 nitrogen and oxygen atoms in total. The van der Waals surface area contributed by atoms with Gasteiger partial charge in [0.25, 0.3) is 5.91 Å². The molecule has 1 aliphatic heterocycles. The van der Waals surface area contributed by atoms with E-state index in [2.05, 4.69) is 12.2 Å². The van der Waals surface area contributed by atoms with Crippen molar-refractivity contribution in [1.82, 2.24) is 10.2 Å². The third-order valence-electron chi connectivity index (χ3n) is 3.71. The van der Waals surface area contributed by atoms with Crippen molar-refractivity contribution >= 4 is 29.7 Å². The SMILES string of the molecule is C[C@@H]1CNCCN1C(=O)c1ccc(-c2ccc(F)cc2)s1.Cl. The van der Waals surface area contributed by atoms with Crippen molar-refractivity contribution in [2.45, 2.75) is 13.0 Å². The van der Waals surface area contributed by atoms with Crippen LogP contribution in [0.2, 0.25) is 0 Å². The molecule has 0 aliphatic carbocycles. The minimum absolute atomic E-state index is 0. The first-order valence-electron chi connectivity index (χ1n) is 7.02. The van der Waals surface area contributed by atoms with Crippen molar-refractivity contribution in [3.63, 3.8) is 0 Å². The molecule has 0 saturated carbocycles. The highest BCUT2D eigenvalue weighted by Crippen LogP contribution is 2.29. The van der Waals surface area contributed by atoms with Gasteiger partial charge in [0.15, 0.2) is 0 Å². The van der Waals surface area contributed by atoms with Crippen molar-refractivity contribution in [2.75, 3.05) is 19.6 Å². The lowest BCUT2D eigenvalue weighted by atomic mass is 10.2. The standard InChI is InChI=1S/C16H17FN2OS.ClH/c1-11-10-18-8-9-19(11)16(20)15-7-6-14(21-15)12-2-4-13(17)5-3-12;/h2-7,11,18H,8-10H2,1H3;1H/t11-;/m1./s1. The molecule has 2 aromatic rings. The molecule has 1 aromatic carbocycles. The number of hydrogen-bond acceptors (Lipinski definition) is 3. The van der Waals surface area contributed by atoms with E-state index in [1.54, 1.807) is 12.1 Å². The molecule has 0 bridgehead atoms. The van der Waals surface area contributed by atoms with Crippen LogP contribution in [0.25, 0.3) is 10.4 Å². The molecule has 1 N–H and O–H groups in total. The van der Waals surface area contributed by atoms with Crippen LogP contribution in [0.15, 0.2) is 36.4 Å². The molecule has 1 saturated heterocycles. The van der Waals surface area contributed by atoms with Crippen LogP contribution in [-0.2, 0) is 0 Å². The number of thiophene rings is 1. The summed E-state index contributed by atoms with van der Waals surface area (Å²) >= 11 is 1.46. The fourth-order valence-electron chi connectivity index (χ4n) is 2.51. The Bertz CT molecular complexity index is 644. The predicted octanol–water partition coefficient (Wildman–Crippen LogP) is 3.41. The zero-order chi connectivity index (χ0) is 14.8. The average molecular weight is 341 g/mol. The van der Waals surface area contributed by atoms with Gasteiger partial charge in [-0.25, -0.2) is 4.39 Å². The number of halogens is 2. The Morgan fingerprint density at radius 1 is 1.27 bits per heavy atom. The van der Waals surface area contributed by atoms with E-state index >= 15 is 0 Å². The van der Waals surface area contributed by atoms with Crippen molar-refractivity contribution in [2.24, 2.45) is 0 Å². The summed E-state index contributed by atoms with van der Waals surface area (Å²) in [6.07, 6.45) is 0. The molecule has 1 amide bonds. The van der Waals surface area contributed by atoms with Crippen LogP contribution in [0.5, 0.6) is 0 Å². The van der Waals surface area contributed by atoms with Crippen molar-refractivity contribution < 1.29 is 9.18 Å². The number of nitrogens with one attached hydrogen (secondary N) is 1. The summed E-state index contributed by atoms with van der Waals surface area (Å²) in [5.74, 6) is -0.163. The number of carbonyl (C=O) groups is 1. The molecular weight excluding hydrogens is 323 g/mol. The zero-order valence-corrected chi connectivity index (χ0v) is 13.8. The molecule has 1 aliphatic rings. The van der Waals surface area contributed by atoms with Crippen LogP contribution in [0, 0.1) is 5.82 Å². The van der Waals surface area contributed by atoms with E-state index in [0.717, 1.165) is 35.0 Å². The topological polar surface area (TPSA) is 32.3 Å². The van der Waals surface area contributed by atoms with E-state index in [1.807, 2.05) is 17.0 Å². The smallest absolute Gasteiger partial charge is 0.264 e. The summed E-state index contributed by atoms with van der Waals surface area (Å²) in [5.41, 5.74) is 0.939. The normalized spacial score (nSPS) is 17.9. The fourth-order valence-corrected chi connectivity index (χ4v) is 3.47. The van der Waals surface area contributed by atoms with E-state index in [-0.39, 0.29) is 30.2 Å². The maximum atomic E-state index is 13.0. The second-order valence-electron chi connectivity index (χ2n) is 5.22. The summed E-state index contributed by atoms with van der Waals surface area (Å²) in [6, 6.07) is 10.4. The Morgan fingerprint density at radius 2 is 2.00 bits per heavy atom. The van der Waals surface area contributed by atoms with Crippen LogP contribution >= 0.6 is 23.7 Å². The maximum Gasteiger partial charge on any atom is 0.264 e. The molecule has 1 atom stereocenters. The average Bonchev–Trinajstić information content (AvgIpc) is 2.98. The lowest BCUT2D eigenvalue weighted by Crippen LogP contribution is -2.52. The molecule has 0 spiro atoms. The summed E-state index contributed by atoms with van der Waals surface area (Å²) < 4.78 is 13.0. The van der Waals surface area contributed by atoms with Crippen molar-refractivity contribution in [3.05, 3.63) is 47.1 Å². The monoisotopic (exact) mass is 340 g/mol. The maximum absolute atomic E-state index is 13.0. The summed E-state index contributed by atoms with van der Waals surface area (Å²) in [5, 5.41) is 3.28. The predicted molar refractivity (Wildman–Crippen MR) is 90.3 cm³/mol. The molecule has 0 unspecified atom stereocenters. The number of carbonyl (C=O) groups excluding carboxylic acids is 1. The Labute approximate surface area is 139 Å². The van der Waals surface area contributed by atoms with E-state index < -0.39 is 0 Å². The van der Waals surface area contributed by atoms with Gasteiger partial charge in [-0.1, -0.05) is 12.1 Å². The van der Waals surface area contributed by atoms with Crippen LogP contribution in [0.1, 0.15) is 16.6 Å². The van der Waals surface area contributed by atoms with Gasteiger partial charge in [0.05, 0.1) is 4.88 Å². The largest absolute Gasteiger partial charge is 0.333 e.